The first-order valence-corrected chi connectivity index (χ1v) is 5.84. The average Bonchev–Trinajstić information content (AvgIpc) is 2.21. The minimum Gasteiger partial charge on any atom is -0.398 e. The highest BCUT2D eigenvalue weighted by molar-refractivity contribution is 6.33. The second kappa shape index (κ2) is 5.89. The lowest BCUT2D eigenvalue weighted by molar-refractivity contribution is -0.119. The van der Waals surface area contributed by atoms with Crippen LogP contribution in [-0.2, 0) is 11.3 Å². The Morgan fingerprint density at radius 2 is 2.12 bits per heavy atom. The smallest absolute Gasteiger partial charge is 0.231 e. The number of carbonyl (C=O) groups is 1. The zero-order valence-electron chi connectivity index (χ0n) is 10.1. The molecular formula is C12H18ClN3O. The standard InChI is InChI=1S/C12H18ClN3O/c1-8(2)16(7-12(15)17)6-9-3-4-10(13)11(14)5-9/h3-5,8H,6-7,14H2,1-2H3,(H2,15,17). The van der Waals surface area contributed by atoms with Gasteiger partial charge in [0.2, 0.25) is 5.91 Å². The minimum atomic E-state index is -0.333. The van der Waals surface area contributed by atoms with Crippen LogP contribution in [0.5, 0.6) is 0 Å². The number of nitrogens with two attached hydrogens (primary N) is 2. The van der Waals surface area contributed by atoms with Crippen molar-refractivity contribution in [3.05, 3.63) is 28.8 Å². The van der Waals surface area contributed by atoms with Gasteiger partial charge in [-0.1, -0.05) is 17.7 Å². The highest BCUT2D eigenvalue weighted by atomic mass is 35.5. The van der Waals surface area contributed by atoms with Crippen molar-refractivity contribution in [1.82, 2.24) is 4.90 Å². The Hall–Kier alpha value is -1.26. The number of rotatable bonds is 5. The third kappa shape index (κ3) is 4.24. The molecule has 0 saturated heterocycles. The lowest BCUT2D eigenvalue weighted by Crippen LogP contribution is -2.37. The molecule has 0 aliphatic rings. The molecule has 1 rings (SSSR count). The van der Waals surface area contributed by atoms with E-state index in [1.165, 1.54) is 0 Å². The van der Waals surface area contributed by atoms with Crippen LogP contribution in [0.25, 0.3) is 0 Å². The first-order chi connectivity index (χ1) is 7.90. The Bertz CT molecular complexity index is 407. The zero-order chi connectivity index (χ0) is 13.0. The van der Waals surface area contributed by atoms with Crippen LogP contribution in [0.2, 0.25) is 5.02 Å². The van der Waals surface area contributed by atoms with Crippen LogP contribution >= 0.6 is 11.6 Å². The molecule has 0 heterocycles. The van der Waals surface area contributed by atoms with E-state index in [1.807, 2.05) is 30.9 Å². The fourth-order valence-corrected chi connectivity index (χ4v) is 1.66. The maximum absolute atomic E-state index is 11.0. The van der Waals surface area contributed by atoms with Crippen LogP contribution in [0, 0.1) is 0 Å². The Labute approximate surface area is 107 Å². The second-order valence-corrected chi connectivity index (χ2v) is 4.73. The molecule has 0 spiro atoms. The number of nitrogens with zero attached hydrogens (tertiary/aromatic N) is 1. The molecule has 0 fully saturated rings. The second-order valence-electron chi connectivity index (χ2n) is 4.32. The Morgan fingerprint density at radius 3 is 2.59 bits per heavy atom. The van der Waals surface area contributed by atoms with Crippen molar-refractivity contribution in [2.24, 2.45) is 5.73 Å². The first-order valence-electron chi connectivity index (χ1n) is 5.46. The van der Waals surface area contributed by atoms with Gasteiger partial charge >= 0.3 is 0 Å². The van der Waals surface area contributed by atoms with E-state index in [1.54, 1.807) is 6.07 Å². The van der Waals surface area contributed by atoms with E-state index < -0.39 is 0 Å². The lowest BCUT2D eigenvalue weighted by atomic mass is 10.1. The topological polar surface area (TPSA) is 72.3 Å². The van der Waals surface area contributed by atoms with Crippen molar-refractivity contribution in [2.75, 3.05) is 12.3 Å². The van der Waals surface area contributed by atoms with Crippen LogP contribution in [-0.4, -0.2) is 23.4 Å². The van der Waals surface area contributed by atoms with E-state index in [4.69, 9.17) is 23.1 Å². The maximum atomic E-state index is 11.0. The molecule has 5 heteroatoms. The van der Waals surface area contributed by atoms with Crippen molar-refractivity contribution in [3.63, 3.8) is 0 Å². The van der Waals surface area contributed by atoms with Crippen LogP contribution in [0.3, 0.4) is 0 Å². The average molecular weight is 256 g/mol. The highest BCUT2D eigenvalue weighted by Crippen LogP contribution is 2.20. The van der Waals surface area contributed by atoms with E-state index in [0.29, 0.717) is 17.3 Å². The zero-order valence-corrected chi connectivity index (χ0v) is 10.9. The van der Waals surface area contributed by atoms with Crippen molar-refractivity contribution in [2.45, 2.75) is 26.4 Å². The summed E-state index contributed by atoms with van der Waals surface area (Å²) in [6, 6.07) is 5.71. The predicted molar refractivity (Wildman–Crippen MR) is 70.6 cm³/mol. The van der Waals surface area contributed by atoms with Gasteiger partial charge in [0, 0.05) is 12.6 Å². The van der Waals surface area contributed by atoms with Gasteiger partial charge < -0.3 is 11.5 Å². The van der Waals surface area contributed by atoms with Crippen LogP contribution in [0.4, 0.5) is 5.69 Å². The number of hydrogen-bond donors (Lipinski definition) is 2. The summed E-state index contributed by atoms with van der Waals surface area (Å²) in [5.74, 6) is -0.333. The summed E-state index contributed by atoms with van der Waals surface area (Å²) in [4.78, 5) is 12.9. The van der Waals surface area contributed by atoms with Gasteiger partial charge in [0.25, 0.3) is 0 Å². The summed E-state index contributed by atoms with van der Waals surface area (Å²) in [6.45, 7) is 4.90. The molecule has 1 amide bonds. The number of anilines is 1. The molecule has 4 N–H and O–H groups in total. The third-order valence-corrected chi connectivity index (χ3v) is 2.88. The van der Waals surface area contributed by atoms with Gasteiger partial charge in [-0.2, -0.15) is 0 Å². The van der Waals surface area contributed by atoms with Gasteiger partial charge in [-0.3, -0.25) is 9.69 Å². The molecule has 0 saturated carbocycles. The van der Waals surface area contributed by atoms with Gasteiger partial charge in [-0.25, -0.2) is 0 Å². The van der Waals surface area contributed by atoms with Crippen LogP contribution < -0.4 is 11.5 Å². The van der Waals surface area contributed by atoms with Crippen molar-refractivity contribution in [3.8, 4) is 0 Å². The van der Waals surface area contributed by atoms with E-state index in [2.05, 4.69) is 0 Å². The number of hydrogen-bond acceptors (Lipinski definition) is 3. The number of carbonyl (C=O) groups excluding carboxylic acids is 1. The van der Waals surface area contributed by atoms with Gasteiger partial charge in [0.1, 0.15) is 0 Å². The van der Waals surface area contributed by atoms with Crippen molar-refractivity contribution < 1.29 is 4.79 Å². The molecule has 17 heavy (non-hydrogen) atoms. The maximum Gasteiger partial charge on any atom is 0.231 e. The summed E-state index contributed by atoms with van der Waals surface area (Å²) in [5, 5.41) is 0.541. The van der Waals surface area contributed by atoms with E-state index in [-0.39, 0.29) is 18.5 Å². The van der Waals surface area contributed by atoms with Crippen molar-refractivity contribution >= 4 is 23.2 Å². The summed E-state index contributed by atoms with van der Waals surface area (Å²) in [7, 11) is 0. The Kier molecular flexibility index (Phi) is 4.78. The normalized spacial score (nSPS) is 11.1. The number of amides is 1. The molecule has 0 aromatic heterocycles. The predicted octanol–water partition coefficient (Wildman–Crippen LogP) is 1.62. The molecule has 0 atom stereocenters. The molecule has 0 bridgehead atoms. The number of primary amides is 1. The third-order valence-electron chi connectivity index (χ3n) is 2.54. The van der Waals surface area contributed by atoms with Gasteiger partial charge in [0.15, 0.2) is 0 Å². The largest absolute Gasteiger partial charge is 0.398 e. The highest BCUT2D eigenvalue weighted by Gasteiger charge is 2.13. The minimum absolute atomic E-state index is 0.236. The Balaban J connectivity index is 2.78. The number of nitrogen functional groups attached to an aromatic ring is 1. The summed E-state index contributed by atoms with van der Waals surface area (Å²) in [6.07, 6.45) is 0. The summed E-state index contributed by atoms with van der Waals surface area (Å²) < 4.78 is 0. The molecule has 1 aromatic rings. The molecule has 94 valence electrons. The van der Waals surface area contributed by atoms with Crippen LogP contribution in [0.15, 0.2) is 18.2 Å². The lowest BCUT2D eigenvalue weighted by Gasteiger charge is -2.25. The fraction of sp³-hybridized carbons (Fsp3) is 0.417. The molecular weight excluding hydrogens is 238 g/mol. The van der Waals surface area contributed by atoms with Gasteiger partial charge in [-0.15, -0.1) is 0 Å². The quantitative estimate of drug-likeness (QED) is 0.786. The van der Waals surface area contributed by atoms with Gasteiger partial charge in [-0.05, 0) is 31.5 Å². The monoisotopic (exact) mass is 255 g/mol. The van der Waals surface area contributed by atoms with E-state index in [9.17, 15) is 4.79 Å². The molecule has 4 nitrogen and oxygen atoms in total. The molecule has 0 unspecified atom stereocenters. The van der Waals surface area contributed by atoms with Gasteiger partial charge in [0.05, 0.1) is 17.3 Å². The van der Waals surface area contributed by atoms with Crippen molar-refractivity contribution in [1.29, 1.82) is 0 Å². The van der Waals surface area contributed by atoms with E-state index >= 15 is 0 Å². The number of benzene rings is 1. The molecule has 0 aliphatic carbocycles. The molecule has 0 radical (unpaired) electrons. The fourth-order valence-electron chi connectivity index (χ4n) is 1.55. The Morgan fingerprint density at radius 1 is 1.47 bits per heavy atom. The summed E-state index contributed by atoms with van der Waals surface area (Å²) in [5.41, 5.74) is 12.5. The van der Waals surface area contributed by atoms with E-state index in [0.717, 1.165) is 5.56 Å². The first kappa shape index (κ1) is 13.8. The number of halogens is 1. The molecule has 1 aromatic carbocycles. The molecule has 0 aliphatic heterocycles. The summed E-state index contributed by atoms with van der Waals surface area (Å²) >= 11 is 5.85. The van der Waals surface area contributed by atoms with Crippen LogP contribution in [0.1, 0.15) is 19.4 Å². The SMILES string of the molecule is CC(C)N(CC(N)=O)Cc1ccc(Cl)c(N)c1.